The van der Waals surface area contributed by atoms with Crippen LogP contribution in [0.15, 0.2) is 36.4 Å². The van der Waals surface area contributed by atoms with Crippen molar-refractivity contribution in [2.45, 2.75) is 12.8 Å². The Morgan fingerprint density at radius 1 is 1.10 bits per heavy atom. The first-order valence-corrected chi connectivity index (χ1v) is 7.27. The molecule has 0 aromatic heterocycles. The highest BCUT2D eigenvalue weighted by Gasteiger charge is 2.31. The fourth-order valence-electron chi connectivity index (χ4n) is 1.98. The van der Waals surface area contributed by atoms with E-state index in [0.717, 1.165) is 12.8 Å². The van der Waals surface area contributed by atoms with Gasteiger partial charge in [-0.3, -0.25) is 4.79 Å². The number of ether oxygens (including phenoxy) is 1. The third kappa shape index (κ3) is 3.20. The van der Waals surface area contributed by atoms with E-state index in [2.05, 4.69) is 0 Å². The molecule has 0 unspecified atom stereocenters. The summed E-state index contributed by atoms with van der Waals surface area (Å²) in [5.74, 6) is -0.581. The minimum Gasteiger partial charge on any atom is -0.426 e. The standard InChI is InChI=1S/C16H11Cl2FO2/c17-13-6-3-10(7-14(13)18)12-5-4-11(8-15(12)19)21-16(20)9-1-2-9/h3-9H,1-2H2. The van der Waals surface area contributed by atoms with Crippen LogP contribution in [0.1, 0.15) is 12.8 Å². The summed E-state index contributed by atoms with van der Waals surface area (Å²) in [4.78, 5) is 11.5. The molecule has 1 aliphatic carbocycles. The quantitative estimate of drug-likeness (QED) is 0.579. The first-order chi connectivity index (χ1) is 10.0. The summed E-state index contributed by atoms with van der Waals surface area (Å²) in [6.45, 7) is 0. The highest BCUT2D eigenvalue weighted by molar-refractivity contribution is 6.42. The van der Waals surface area contributed by atoms with Crippen LogP contribution < -0.4 is 4.74 Å². The van der Waals surface area contributed by atoms with Gasteiger partial charge in [0.05, 0.1) is 16.0 Å². The maximum Gasteiger partial charge on any atom is 0.314 e. The van der Waals surface area contributed by atoms with Gasteiger partial charge in [-0.2, -0.15) is 0 Å². The van der Waals surface area contributed by atoms with Gasteiger partial charge in [0.15, 0.2) is 0 Å². The zero-order valence-corrected chi connectivity index (χ0v) is 12.4. The van der Waals surface area contributed by atoms with Crippen molar-refractivity contribution in [2.75, 3.05) is 0 Å². The van der Waals surface area contributed by atoms with Crippen molar-refractivity contribution < 1.29 is 13.9 Å². The second kappa shape index (κ2) is 5.66. The van der Waals surface area contributed by atoms with Gasteiger partial charge in [0.1, 0.15) is 11.6 Å². The zero-order valence-electron chi connectivity index (χ0n) is 10.9. The van der Waals surface area contributed by atoms with Crippen molar-refractivity contribution in [3.63, 3.8) is 0 Å². The Kier molecular flexibility index (Phi) is 3.87. The average Bonchev–Trinajstić information content (AvgIpc) is 3.27. The molecule has 0 radical (unpaired) electrons. The smallest absolute Gasteiger partial charge is 0.314 e. The fraction of sp³-hybridized carbons (Fsp3) is 0.188. The lowest BCUT2D eigenvalue weighted by Crippen LogP contribution is -2.09. The second-order valence-electron chi connectivity index (χ2n) is 4.97. The molecule has 0 saturated heterocycles. The Morgan fingerprint density at radius 2 is 1.86 bits per heavy atom. The molecule has 0 spiro atoms. The van der Waals surface area contributed by atoms with Crippen molar-refractivity contribution in [3.8, 4) is 16.9 Å². The Morgan fingerprint density at radius 3 is 2.48 bits per heavy atom. The molecular formula is C16H11Cl2FO2. The number of benzene rings is 2. The van der Waals surface area contributed by atoms with Crippen LogP contribution in [-0.2, 0) is 4.79 Å². The van der Waals surface area contributed by atoms with Crippen molar-refractivity contribution in [3.05, 3.63) is 52.3 Å². The van der Waals surface area contributed by atoms with Gasteiger partial charge in [-0.15, -0.1) is 0 Å². The molecule has 21 heavy (non-hydrogen) atoms. The molecule has 1 saturated carbocycles. The fourth-order valence-corrected chi connectivity index (χ4v) is 2.27. The molecule has 2 nitrogen and oxygen atoms in total. The second-order valence-corrected chi connectivity index (χ2v) is 5.78. The molecule has 0 heterocycles. The molecule has 2 aromatic carbocycles. The van der Waals surface area contributed by atoms with Gasteiger partial charge < -0.3 is 4.74 Å². The molecule has 0 aliphatic heterocycles. The predicted molar refractivity (Wildman–Crippen MR) is 80.2 cm³/mol. The summed E-state index contributed by atoms with van der Waals surface area (Å²) in [5, 5.41) is 0.772. The Bertz CT molecular complexity index is 711. The third-order valence-electron chi connectivity index (χ3n) is 3.30. The number of carbonyl (C=O) groups is 1. The molecule has 0 amide bonds. The molecule has 0 bridgehead atoms. The Hall–Kier alpha value is -1.58. The number of carbonyl (C=O) groups excluding carboxylic acids is 1. The normalized spacial score (nSPS) is 14.0. The lowest BCUT2D eigenvalue weighted by Gasteiger charge is -2.08. The van der Waals surface area contributed by atoms with Gasteiger partial charge in [-0.25, -0.2) is 4.39 Å². The van der Waals surface area contributed by atoms with E-state index >= 15 is 0 Å². The van der Waals surface area contributed by atoms with Crippen LogP contribution in [0.4, 0.5) is 4.39 Å². The van der Waals surface area contributed by atoms with Crippen LogP contribution in [0, 0.1) is 11.7 Å². The molecule has 0 atom stereocenters. The molecular weight excluding hydrogens is 314 g/mol. The first-order valence-electron chi connectivity index (χ1n) is 6.51. The molecule has 1 aliphatic rings. The molecule has 3 rings (SSSR count). The lowest BCUT2D eigenvalue weighted by molar-refractivity contribution is -0.135. The highest BCUT2D eigenvalue weighted by Crippen LogP contribution is 2.33. The van der Waals surface area contributed by atoms with Crippen LogP contribution >= 0.6 is 23.2 Å². The highest BCUT2D eigenvalue weighted by atomic mass is 35.5. The summed E-state index contributed by atoms with van der Waals surface area (Å²) < 4.78 is 19.3. The molecule has 2 aromatic rings. The Balaban J connectivity index is 1.86. The van der Waals surface area contributed by atoms with Gasteiger partial charge in [-0.05, 0) is 42.7 Å². The van der Waals surface area contributed by atoms with Crippen LogP contribution in [0.5, 0.6) is 5.75 Å². The monoisotopic (exact) mass is 324 g/mol. The van der Waals surface area contributed by atoms with Crippen LogP contribution in [0.3, 0.4) is 0 Å². The maximum absolute atomic E-state index is 14.2. The number of esters is 1. The van der Waals surface area contributed by atoms with Crippen molar-refractivity contribution in [1.82, 2.24) is 0 Å². The summed E-state index contributed by atoms with van der Waals surface area (Å²) in [5.41, 5.74) is 0.988. The third-order valence-corrected chi connectivity index (χ3v) is 4.04. The number of halogens is 3. The average molecular weight is 325 g/mol. The number of rotatable bonds is 3. The van der Waals surface area contributed by atoms with E-state index in [1.165, 1.54) is 6.07 Å². The zero-order chi connectivity index (χ0) is 15.0. The van der Waals surface area contributed by atoms with E-state index in [4.69, 9.17) is 27.9 Å². The van der Waals surface area contributed by atoms with E-state index in [0.29, 0.717) is 21.2 Å². The van der Waals surface area contributed by atoms with Crippen molar-refractivity contribution in [2.24, 2.45) is 5.92 Å². The van der Waals surface area contributed by atoms with E-state index < -0.39 is 5.82 Å². The summed E-state index contributed by atoms with van der Waals surface area (Å²) in [7, 11) is 0. The van der Waals surface area contributed by atoms with Gasteiger partial charge in [0.25, 0.3) is 0 Å². The summed E-state index contributed by atoms with van der Waals surface area (Å²) in [6.07, 6.45) is 1.70. The first kappa shape index (κ1) is 14.4. The topological polar surface area (TPSA) is 26.3 Å². The van der Waals surface area contributed by atoms with Gasteiger partial charge in [0, 0.05) is 11.6 Å². The van der Waals surface area contributed by atoms with E-state index in [1.807, 2.05) is 0 Å². The minimum atomic E-state index is -0.477. The van der Waals surface area contributed by atoms with E-state index in [9.17, 15) is 9.18 Å². The van der Waals surface area contributed by atoms with Gasteiger partial charge >= 0.3 is 5.97 Å². The van der Waals surface area contributed by atoms with E-state index in [1.54, 1.807) is 30.3 Å². The number of hydrogen-bond donors (Lipinski definition) is 0. The minimum absolute atomic E-state index is 0.0252. The molecule has 5 heteroatoms. The van der Waals surface area contributed by atoms with Crippen LogP contribution in [0.25, 0.3) is 11.1 Å². The lowest BCUT2D eigenvalue weighted by atomic mass is 10.1. The molecule has 108 valence electrons. The molecule has 0 N–H and O–H groups in total. The number of hydrogen-bond acceptors (Lipinski definition) is 2. The Labute approximate surface area is 131 Å². The molecule has 1 fully saturated rings. The largest absolute Gasteiger partial charge is 0.426 e. The SMILES string of the molecule is O=C(Oc1ccc(-c2ccc(Cl)c(Cl)c2)c(F)c1)C1CC1. The van der Waals surface area contributed by atoms with E-state index in [-0.39, 0.29) is 17.6 Å². The van der Waals surface area contributed by atoms with Gasteiger partial charge in [-0.1, -0.05) is 29.3 Å². The van der Waals surface area contributed by atoms with Crippen molar-refractivity contribution in [1.29, 1.82) is 0 Å². The van der Waals surface area contributed by atoms with Gasteiger partial charge in [0.2, 0.25) is 0 Å². The summed E-state index contributed by atoms with van der Waals surface area (Å²) in [6, 6.07) is 9.23. The summed E-state index contributed by atoms with van der Waals surface area (Å²) >= 11 is 11.8. The maximum atomic E-state index is 14.2. The van der Waals surface area contributed by atoms with Crippen molar-refractivity contribution >= 4 is 29.2 Å². The predicted octanol–water partition coefficient (Wildman–Crippen LogP) is 5.11. The van der Waals surface area contributed by atoms with Crippen LogP contribution in [0.2, 0.25) is 10.0 Å². The van der Waals surface area contributed by atoms with Crippen LogP contribution in [-0.4, -0.2) is 5.97 Å².